The highest BCUT2D eigenvalue weighted by Crippen LogP contribution is 2.33. The summed E-state index contributed by atoms with van der Waals surface area (Å²) in [5, 5.41) is 4.19. The summed E-state index contributed by atoms with van der Waals surface area (Å²) in [5.41, 5.74) is 0.871. The maximum absolute atomic E-state index is 13.4. The molecule has 0 saturated carbocycles. The summed E-state index contributed by atoms with van der Waals surface area (Å²) >= 11 is 0. The van der Waals surface area contributed by atoms with Crippen LogP contribution in [0.3, 0.4) is 0 Å². The van der Waals surface area contributed by atoms with Crippen molar-refractivity contribution in [2.45, 2.75) is 31.9 Å². The Kier molecular flexibility index (Phi) is 5.70. The van der Waals surface area contributed by atoms with E-state index in [0.717, 1.165) is 16.1 Å². The van der Waals surface area contributed by atoms with Gasteiger partial charge in [-0.05, 0) is 37.1 Å². The van der Waals surface area contributed by atoms with Crippen molar-refractivity contribution in [1.82, 2.24) is 19.5 Å². The molecule has 3 aromatic rings. The van der Waals surface area contributed by atoms with Crippen molar-refractivity contribution in [3.05, 3.63) is 53.0 Å². The van der Waals surface area contributed by atoms with Crippen LogP contribution in [-0.4, -0.2) is 52.7 Å². The second-order valence-corrected chi connectivity index (χ2v) is 7.81. The van der Waals surface area contributed by atoms with Gasteiger partial charge in [0.25, 0.3) is 0 Å². The number of alkyl halides is 3. The Morgan fingerprint density at radius 2 is 1.91 bits per heavy atom. The van der Waals surface area contributed by atoms with Crippen LogP contribution in [0.2, 0.25) is 0 Å². The van der Waals surface area contributed by atoms with Gasteiger partial charge >= 0.3 is 6.18 Å². The van der Waals surface area contributed by atoms with Crippen molar-refractivity contribution in [2.24, 2.45) is 0 Å². The summed E-state index contributed by atoms with van der Waals surface area (Å²) in [7, 11) is 3.07. The number of hydrogen-bond acceptors (Lipinski definition) is 5. The van der Waals surface area contributed by atoms with Gasteiger partial charge in [-0.15, -0.1) is 0 Å². The lowest BCUT2D eigenvalue weighted by Crippen LogP contribution is -2.29. The molecule has 1 atom stereocenters. The number of benzene rings is 1. The number of nitrogens with zero attached hydrogens (tertiary/aromatic N) is 4. The number of ether oxygens (including phenoxy) is 2. The van der Waals surface area contributed by atoms with Gasteiger partial charge in [-0.3, -0.25) is 4.79 Å². The van der Waals surface area contributed by atoms with Crippen LogP contribution < -0.4 is 9.47 Å². The van der Waals surface area contributed by atoms with E-state index >= 15 is 0 Å². The topological polar surface area (TPSA) is 69.0 Å². The molecule has 170 valence electrons. The van der Waals surface area contributed by atoms with Crippen LogP contribution in [0.15, 0.2) is 30.3 Å². The Morgan fingerprint density at radius 3 is 2.59 bits per heavy atom. The fourth-order valence-electron chi connectivity index (χ4n) is 4.02. The average Bonchev–Trinajstić information content (AvgIpc) is 3.39. The van der Waals surface area contributed by atoms with E-state index in [-0.39, 0.29) is 29.6 Å². The smallest absolute Gasteiger partial charge is 0.433 e. The van der Waals surface area contributed by atoms with Gasteiger partial charge in [0, 0.05) is 30.8 Å². The van der Waals surface area contributed by atoms with Gasteiger partial charge in [-0.2, -0.15) is 18.3 Å². The average molecular weight is 448 g/mol. The van der Waals surface area contributed by atoms with Crippen molar-refractivity contribution in [1.29, 1.82) is 0 Å². The van der Waals surface area contributed by atoms with Gasteiger partial charge in [0.05, 0.1) is 26.3 Å². The number of aryl methyl sites for hydroxylation is 1. The minimum Gasteiger partial charge on any atom is -0.493 e. The van der Waals surface area contributed by atoms with Crippen molar-refractivity contribution < 1.29 is 27.4 Å². The molecular weight excluding hydrogens is 425 g/mol. The Balaban J connectivity index is 1.50. The second-order valence-electron chi connectivity index (χ2n) is 7.81. The van der Waals surface area contributed by atoms with Gasteiger partial charge in [0.15, 0.2) is 17.1 Å². The maximum atomic E-state index is 13.4. The molecule has 0 spiro atoms. The highest BCUT2D eigenvalue weighted by Gasteiger charge is 2.36. The molecular formula is C22H23F3N4O3. The van der Waals surface area contributed by atoms with E-state index in [1.54, 1.807) is 30.2 Å². The monoisotopic (exact) mass is 448 g/mol. The molecule has 10 heteroatoms. The zero-order valence-corrected chi connectivity index (χ0v) is 17.9. The number of fused-ring (bicyclic) bond motifs is 1. The summed E-state index contributed by atoms with van der Waals surface area (Å²) in [6.07, 6.45) is -3.72. The van der Waals surface area contributed by atoms with Crippen LogP contribution in [0.25, 0.3) is 5.65 Å². The van der Waals surface area contributed by atoms with E-state index in [0.29, 0.717) is 36.7 Å². The number of amides is 1. The van der Waals surface area contributed by atoms with Crippen LogP contribution in [0.1, 0.15) is 35.0 Å². The van der Waals surface area contributed by atoms with Gasteiger partial charge in [0.2, 0.25) is 5.91 Å². The van der Waals surface area contributed by atoms with E-state index in [9.17, 15) is 18.0 Å². The zero-order chi connectivity index (χ0) is 23.0. The molecule has 4 rings (SSSR count). The SMILES string of the molecule is COc1ccc(CC(=O)N2CC[C@@H](c3cc4nc(C)cc(C(F)(F)F)n4n3)C2)cc1OC. The predicted octanol–water partition coefficient (Wildman–Crippen LogP) is 3.63. The lowest BCUT2D eigenvalue weighted by molar-refractivity contribution is -0.142. The molecule has 2 aromatic heterocycles. The number of hydrogen-bond donors (Lipinski definition) is 0. The number of likely N-dealkylation sites (tertiary alicyclic amines) is 1. The molecule has 0 bridgehead atoms. The van der Waals surface area contributed by atoms with Gasteiger partial charge in [0.1, 0.15) is 5.69 Å². The van der Waals surface area contributed by atoms with Crippen molar-refractivity contribution >= 4 is 11.6 Å². The number of carbonyl (C=O) groups excluding carboxylic acids is 1. The van der Waals surface area contributed by atoms with Crippen molar-refractivity contribution in [3.63, 3.8) is 0 Å². The number of methoxy groups -OCH3 is 2. The number of halogens is 3. The van der Waals surface area contributed by atoms with Crippen LogP contribution >= 0.6 is 0 Å². The Morgan fingerprint density at radius 1 is 1.16 bits per heavy atom. The third-order valence-electron chi connectivity index (χ3n) is 5.63. The maximum Gasteiger partial charge on any atom is 0.433 e. The van der Waals surface area contributed by atoms with Gasteiger partial charge < -0.3 is 14.4 Å². The highest BCUT2D eigenvalue weighted by atomic mass is 19.4. The second kappa shape index (κ2) is 8.33. The number of aromatic nitrogens is 3. The molecule has 0 aliphatic carbocycles. The number of carbonyl (C=O) groups is 1. The van der Waals surface area contributed by atoms with E-state index in [1.807, 2.05) is 6.07 Å². The molecule has 1 aliphatic rings. The molecule has 0 radical (unpaired) electrons. The third-order valence-corrected chi connectivity index (χ3v) is 5.63. The fourth-order valence-corrected chi connectivity index (χ4v) is 4.02. The van der Waals surface area contributed by atoms with Gasteiger partial charge in [-0.1, -0.05) is 6.07 Å². The standard InChI is InChI=1S/C22H23F3N4O3/c1-13-8-19(22(23,24)25)29-20(26-13)11-16(27-29)15-6-7-28(12-15)21(30)10-14-4-5-17(31-2)18(9-14)32-3/h4-5,8-9,11,15H,6-7,10,12H2,1-3H3/t15-/m1/s1. The van der Waals surface area contributed by atoms with Crippen molar-refractivity contribution in [2.75, 3.05) is 27.3 Å². The minimum atomic E-state index is -4.54. The zero-order valence-electron chi connectivity index (χ0n) is 17.9. The summed E-state index contributed by atoms with van der Waals surface area (Å²) in [6.45, 7) is 2.44. The fraction of sp³-hybridized carbons (Fsp3) is 0.409. The lowest BCUT2D eigenvalue weighted by atomic mass is 10.1. The highest BCUT2D eigenvalue weighted by molar-refractivity contribution is 5.79. The first kappa shape index (κ1) is 21.9. The van der Waals surface area contributed by atoms with Crippen LogP contribution in [0.4, 0.5) is 13.2 Å². The Labute approximate surface area is 182 Å². The van der Waals surface area contributed by atoms with Crippen LogP contribution in [0, 0.1) is 6.92 Å². The molecule has 7 nitrogen and oxygen atoms in total. The molecule has 1 aromatic carbocycles. The molecule has 32 heavy (non-hydrogen) atoms. The first-order valence-corrected chi connectivity index (χ1v) is 10.1. The molecule has 1 fully saturated rings. The van der Waals surface area contributed by atoms with E-state index in [4.69, 9.17) is 9.47 Å². The van der Waals surface area contributed by atoms with Crippen molar-refractivity contribution in [3.8, 4) is 11.5 Å². The van der Waals surface area contributed by atoms with Gasteiger partial charge in [-0.25, -0.2) is 9.50 Å². The normalized spacial score (nSPS) is 16.6. The molecule has 1 saturated heterocycles. The molecule has 1 amide bonds. The first-order valence-electron chi connectivity index (χ1n) is 10.1. The summed E-state index contributed by atoms with van der Waals surface area (Å²) < 4.78 is 51.6. The molecule has 1 aliphatic heterocycles. The summed E-state index contributed by atoms with van der Waals surface area (Å²) in [6, 6.07) is 7.88. The largest absolute Gasteiger partial charge is 0.493 e. The lowest BCUT2D eigenvalue weighted by Gasteiger charge is -2.17. The Bertz CT molecular complexity index is 1160. The van der Waals surface area contributed by atoms with E-state index in [2.05, 4.69) is 10.1 Å². The molecule has 0 unspecified atom stereocenters. The molecule has 3 heterocycles. The Hall–Kier alpha value is -3.30. The van der Waals surface area contributed by atoms with E-state index in [1.165, 1.54) is 14.0 Å². The third kappa shape index (κ3) is 4.21. The summed E-state index contributed by atoms with van der Waals surface area (Å²) in [5.74, 6) is 0.921. The van der Waals surface area contributed by atoms with Crippen LogP contribution in [-0.2, 0) is 17.4 Å². The summed E-state index contributed by atoms with van der Waals surface area (Å²) in [4.78, 5) is 18.7. The van der Waals surface area contributed by atoms with Crippen LogP contribution in [0.5, 0.6) is 11.5 Å². The molecule has 0 N–H and O–H groups in total. The quantitative estimate of drug-likeness (QED) is 0.596. The van der Waals surface area contributed by atoms with E-state index < -0.39 is 11.9 Å². The predicted molar refractivity (Wildman–Crippen MR) is 110 cm³/mol. The first-order chi connectivity index (χ1) is 15.2. The number of rotatable bonds is 5. The minimum absolute atomic E-state index is 0.0616.